The zero-order valence-corrected chi connectivity index (χ0v) is 13.6. The number of rotatable bonds is 2. The lowest BCUT2D eigenvalue weighted by Gasteiger charge is -2.10. The molecule has 0 radical (unpaired) electrons. The Hall–Kier alpha value is -1.76. The minimum Gasteiger partial charge on any atom is -0.383 e. The van der Waals surface area contributed by atoms with Crippen LogP contribution >= 0.6 is 22.6 Å². The van der Waals surface area contributed by atoms with Crippen molar-refractivity contribution in [2.75, 3.05) is 5.73 Å². The second kappa shape index (κ2) is 5.55. The number of aryl methyl sites for hydroxylation is 1. The largest absolute Gasteiger partial charge is 0.383 e. The average molecular weight is 393 g/mol. The summed E-state index contributed by atoms with van der Waals surface area (Å²) in [6.07, 6.45) is 0.775. The molecular weight excluding hydrogens is 380 g/mol. The molecule has 0 unspecified atom stereocenters. The van der Waals surface area contributed by atoms with Crippen LogP contribution in [0.5, 0.6) is 0 Å². The van der Waals surface area contributed by atoms with E-state index in [9.17, 15) is 4.39 Å². The van der Waals surface area contributed by atoms with Crippen LogP contribution < -0.4 is 5.73 Å². The Balaban J connectivity index is 2.31. The zero-order valence-electron chi connectivity index (χ0n) is 11.4. The van der Waals surface area contributed by atoms with Crippen molar-refractivity contribution < 1.29 is 4.39 Å². The van der Waals surface area contributed by atoms with Crippen molar-refractivity contribution in [3.8, 4) is 11.4 Å². The second-order valence-electron chi connectivity index (χ2n) is 4.69. The molecule has 1 heterocycles. The number of nitrogens with two attached hydrogens (primary N) is 1. The molecule has 0 atom stereocenters. The molecule has 2 N–H and O–H groups in total. The Labute approximate surface area is 135 Å². The number of hydrogen-bond acceptors (Lipinski definition) is 3. The van der Waals surface area contributed by atoms with Crippen LogP contribution in [0.15, 0.2) is 36.4 Å². The predicted molar refractivity (Wildman–Crippen MR) is 91.4 cm³/mol. The molecule has 0 spiro atoms. The van der Waals surface area contributed by atoms with Crippen molar-refractivity contribution in [2.24, 2.45) is 0 Å². The maximum absolute atomic E-state index is 13.9. The molecule has 1 aromatic heterocycles. The van der Waals surface area contributed by atoms with E-state index in [4.69, 9.17) is 5.73 Å². The van der Waals surface area contributed by atoms with E-state index in [0.29, 0.717) is 17.0 Å². The van der Waals surface area contributed by atoms with E-state index in [1.165, 1.54) is 6.07 Å². The summed E-state index contributed by atoms with van der Waals surface area (Å²) in [6, 6.07) is 10.5. The molecule has 0 aliphatic carbocycles. The Morgan fingerprint density at radius 2 is 1.81 bits per heavy atom. The molecule has 3 rings (SSSR count). The smallest absolute Gasteiger partial charge is 0.162 e. The summed E-state index contributed by atoms with van der Waals surface area (Å²) >= 11 is 2.15. The SMILES string of the molecule is CCc1nc(-c2ccc(F)c3ccccc23)nc(N)c1I. The van der Waals surface area contributed by atoms with Gasteiger partial charge in [-0.1, -0.05) is 31.2 Å². The van der Waals surface area contributed by atoms with Gasteiger partial charge < -0.3 is 5.73 Å². The molecule has 3 nitrogen and oxygen atoms in total. The lowest BCUT2D eigenvalue weighted by molar-refractivity contribution is 0.640. The highest BCUT2D eigenvalue weighted by molar-refractivity contribution is 14.1. The van der Waals surface area contributed by atoms with Gasteiger partial charge in [0, 0.05) is 10.9 Å². The Morgan fingerprint density at radius 1 is 1.10 bits per heavy atom. The summed E-state index contributed by atoms with van der Waals surface area (Å²) in [4.78, 5) is 8.95. The normalized spacial score (nSPS) is 11.0. The van der Waals surface area contributed by atoms with Crippen LogP contribution in [0.1, 0.15) is 12.6 Å². The van der Waals surface area contributed by atoms with Gasteiger partial charge >= 0.3 is 0 Å². The van der Waals surface area contributed by atoms with Crippen molar-refractivity contribution in [3.05, 3.63) is 51.5 Å². The van der Waals surface area contributed by atoms with E-state index >= 15 is 0 Å². The first kappa shape index (κ1) is 14.2. The molecule has 2 aromatic carbocycles. The Morgan fingerprint density at radius 3 is 2.52 bits per heavy atom. The fourth-order valence-electron chi connectivity index (χ4n) is 2.32. The maximum atomic E-state index is 13.9. The molecule has 0 amide bonds. The predicted octanol–water partition coefficient (Wildman–Crippen LogP) is 4.19. The van der Waals surface area contributed by atoms with Crippen LogP contribution in [0.25, 0.3) is 22.2 Å². The topological polar surface area (TPSA) is 51.8 Å². The minimum absolute atomic E-state index is 0.247. The van der Waals surface area contributed by atoms with E-state index in [1.54, 1.807) is 12.1 Å². The third kappa shape index (κ3) is 2.46. The molecule has 0 saturated carbocycles. The van der Waals surface area contributed by atoms with Crippen LogP contribution in [-0.4, -0.2) is 9.97 Å². The summed E-state index contributed by atoms with van der Waals surface area (Å²) < 4.78 is 14.8. The molecule has 0 fully saturated rings. The van der Waals surface area contributed by atoms with Gasteiger partial charge in [0.1, 0.15) is 11.6 Å². The highest BCUT2D eigenvalue weighted by atomic mass is 127. The molecule has 0 aliphatic heterocycles. The van der Waals surface area contributed by atoms with E-state index in [1.807, 2.05) is 25.1 Å². The number of anilines is 1. The minimum atomic E-state index is -0.247. The molecular formula is C16H13FIN3. The standard InChI is InChI=1S/C16H13FIN3/c1-2-13-14(18)15(19)21-16(20-13)11-7-8-12(17)10-6-4-3-5-9(10)11/h3-8H,2H2,1H3,(H2,19,20,21). The third-order valence-corrected chi connectivity index (χ3v) is 4.57. The number of nitrogen functional groups attached to an aromatic ring is 1. The van der Waals surface area contributed by atoms with Crippen molar-refractivity contribution >= 4 is 39.2 Å². The summed E-state index contributed by atoms with van der Waals surface area (Å²) in [6.45, 7) is 2.02. The summed E-state index contributed by atoms with van der Waals surface area (Å²) in [5.41, 5.74) is 7.68. The first-order chi connectivity index (χ1) is 10.1. The van der Waals surface area contributed by atoms with E-state index in [2.05, 4.69) is 32.6 Å². The van der Waals surface area contributed by atoms with Crippen LogP contribution in [-0.2, 0) is 6.42 Å². The summed E-state index contributed by atoms with van der Waals surface area (Å²) in [5.74, 6) is 0.760. The fourth-order valence-corrected chi connectivity index (χ4v) is 2.95. The first-order valence-electron chi connectivity index (χ1n) is 6.61. The number of hydrogen-bond donors (Lipinski definition) is 1. The number of aromatic nitrogens is 2. The van der Waals surface area contributed by atoms with Gasteiger partial charge in [-0.2, -0.15) is 0 Å². The van der Waals surface area contributed by atoms with Crippen LogP contribution in [0.4, 0.5) is 10.2 Å². The lowest BCUT2D eigenvalue weighted by atomic mass is 10.0. The molecule has 3 aromatic rings. The molecule has 21 heavy (non-hydrogen) atoms. The summed E-state index contributed by atoms with van der Waals surface area (Å²) in [5, 5.41) is 1.36. The van der Waals surface area contributed by atoms with Crippen molar-refractivity contribution in [1.29, 1.82) is 0 Å². The fraction of sp³-hybridized carbons (Fsp3) is 0.125. The molecule has 0 aliphatic rings. The number of halogens is 2. The van der Waals surface area contributed by atoms with Crippen LogP contribution in [0, 0.1) is 9.39 Å². The van der Waals surface area contributed by atoms with Gasteiger partial charge in [-0.05, 0) is 46.5 Å². The maximum Gasteiger partial charge on any atom is 0.162 e. The van der Waals surface area contributed by atoms with Gasteiger partial charge in [-0.15, -0.1) is 0 Å². The van der Waals surface area contributed by atoms with Gasteiger partial charge in [-0.3, -0.25) is 0 Å². The van der Waals surface area contributed by atoms with Gasteiger partial charge in [0.25, 0.3) is 0 Å². The average Bonchev–Trinajstić information content (AvgIpc) is 2.51. The monoisotopic (exact) mass is 393 g/mol. The van der Waals surface area contributed by atoms with Gasteiger partial charge in [0.15, 0.2) is 5.82 Å². The molecule has 106 valence electrons. The highest BCUT2D eigenvalue weighted by Gasteiger charge is 2.13. The molecule has 5 heteroatoms. The first-order valence-corrected chi connectivity index (χ1v) is 7.69. The Bertz CT molecular complexity index is 833. The Kier molecular flexibility index (Phi) is 3.75. The van der Waals surface area contributed by atoms with Crippen molar-refractivity contribution in [2.45, 2.75) is 13.3 Å². The number of nitrogens with zero attached hydrogens (tertiary/aromatic N) is 2. The number of fused-ring (bicyclic) bond motifs is 1. The van der Waals surface area contributed by atoms with Crippen LogP contribution in [0.2, 0.25) is 0 Å². The van der Waals surface area contributed by atoms with Crippen molar-refractivity contribution in [1.82, 2.24) is 9.97 Å². The quantitative estimate of drug-likeness (QED) is 0.665. The van der Waals surface area contributed by atoms with E-state index in [-0.39, 0.29) is 5.82 Å². The van der Waals surface area contributed by atoms with Gasteiger partial charge in [0.2, 0.25) is 0 Å². The van der Waals surface area contributed by atoms with Gasteiger partial charge in [0.05, 0.1) is 9.26 Å². The third-order valence-electron chi connectivity index (χ3n) is 3.39. The van der Waals surface area contributed by atoms with Crippen LogP contribution in [0.3, 0.4) is 0 Å². The van der Waals surface area contributed by atoms with E-state index < -0.39 is 0 Å². The van der Waals surface area contributed by atoms with Crippen molar-refractivity contribution in [3.63, 3.8) is 0 Å². The molecule has 0 saturated heterocycles. The van der Waals surface area contributed by atoms with E-state index in [0.717, 1.165) is 26.6 Å². The van der Waals surface area contributed by atoms with Gasteiger partial charge in [-0.25, -0.2) is 14.4 Å². The highest BCUT2D eigenvalue weighted by Crippen LogP contribution is 2.30. The second-order valence-corrected chi connectivity index (χ2v) is 5.77. The zero-order chi connectivity index (χ0) is 15.0. The number of benzene rings is 2. The lowest BCUT2D eigenvalue weighted by Crippen LogP contribution is -2.04. The summed E-state index contributed by atoms with van der Waals surface area (Å²) in [7, 11) is 0. The molecule has 0 bridgehead atoms.